The summed E-state index contributed by atoms with van der Waals surface area (Å²) >= 11 is 0. The molecule has 1 aliphatic heterocycles. The summed E-state index contributed by atoms with van der Waals surface area (Å²) < 4.78 is 0. The molecule has 0 aromatic heterocycles. The lowest BCUT2D eigenvalue weighted by Crippen LogP contribution is -2.26. The predicted molar refractivity (Wildman–Crippen MR) is 60.8 cm³/mol. The van der Waals surface area contributed by atoms with E-state index in [0.717, 1.165) is 25.9 Å². The number of phenolic OH excluding ortho intramolecular Hbond substituents is 1. The monoisotopic (exact) mass is 207 g/mol. The highest BCUT2D eigenvalue weighted by Gasteiger charge is 2.15. The van der Waals surface area contributed by atoms with Crippen LogP contribution in [0.5, 0.6) is 5.75 Å². The molecule has 15 heavy (non-hydrogen) atoms. The molecule has 1 heterocycles. The van der Waals surface area contributed by atoms with E-state index < -0.39 is 0 Å². The Morgan fingerprint density at radius 1 is 1.33 bits per heavy atom. The van der Waals surface area contributed by atoms with Crippen molar-refractivity contribution in [2.24, 2.45) is 5.84 Å². The van der Waals surface area contributed by atoms with Crippen LogP contribution in [-0.2, 0) is 0 Å². The Balaban J connectivity index is 2.20. The summed E-state index contributed by atoms with van der Waals surface area (Å²) in [6, 6.07) is 5.62. The molecule has 1 aromatic carbocycles. The Labute approximate surface area is 89.5 Å². The fourth-order valence-corrected chi connectivity index (χ4v) is 2.08. The molecule has 0 bridgehead atoms. The molecule has 82 valence electrons. The fourth-order valence-electron chi connectivity index (χ4n) is 2.08. The van der Waals surface area contributed by atoms with Crippen molar-refractivity contribution >= 4 is 5.69 Å². The summed E-state index contributed by atoms with van der Waals surface area (Å²) in [4.78, 5) is 0. The lowest BCUT2D eigenvalue weighted by Gasteiger charge is -2.23. The van der Waals surface area contributed by atoms with Gasteiger partial charge >= 0.3 is 0 Å². The van der Waals surface area contributed by atoms with Crippen molar-refractivity contribution in [2.75, 3.05) is 18.5 Å². The number of piperidine rings is 1. The summed E-state index contributed by atoms with van der Waals surface area (Å²) in [6.45, 7) is 2.13. The number of rotatable bonds is 2. The van der Waals surface area contributed by atoms with Crippen LogP contribution in [0.2, 0.25) is 0 Å². The molecule has 2 rings (SSSR count). The summed E-state index contributed by atoms with van der Waals surface area (Å²) in [5.74, 6) is 6.11. The van der Waals surface area contributed by atoms with E-state index in [1.807, 2.05) is 12.1 Å². The van der Waals surface area contributed by atoms with E-state index in [1.54, 1.807) is 6.07 Å². The van der Waals surface area contributed by atoms with E-state index in [9.17, 15) is 5.11 Å². The lowest BCUT2D eigenvalue weighted by atomic mass is 9.90. The van der Waals surface area contributed by atoms with Gasteiger partial charge in [-0.2, -0.15) is 0 Å². The van der Waals surface area contributed by atoms with Crippen molar-refractivity contribution in [1.29, 1.82) is 0 Å². The van der Waals surface area contributed by atoms with Crippen LogP contribution in [0.25, 0.3) is 0 Å². The average molecular weight is 207 g/mol. The van der Waals surface area contributed by atoms with E-state index in [1.165, 1.54) is 5.56 Å². The van der Waals surface area contributed by atoms with Crippen molar-refractivity contribution in [3.63, 3.8) is 0 Å². The number of aromatic hydroxyl groups is 1. The molecule has 0 unspecified atom stereocenters. The minimum Gasteiger partial charge on any atom is -0.506 e. The molecule has 0 spiro atoms. The highest BCUT2D eigenvalue weighted by atomic mass is 16.3. The van der Waals surface area contributed by atoms with Gasteiger partial charge in [-0.3, -0.25) is 5.84 Å². The second-order valence-corrected chi connectivity index (χ2v) is 3.95. The Kier molecular flexibility index (Phi) is 3.08. The zero-order chi connectivity index (χ0) is 10.7. The number of nitrogens with two attached hydrogens (primary N) is 1. The second-order valence-electron chi connectivity index (χ2n) is 3.95. The fraction of sp³-hybridized carbons (Fsp3) is 0.455. The Morgan fingerprint density at radius 3 is 2.73 bits per heavy atom. The first-order valence-electron chi connectivity index (χ1n) is 5.31. The highest BCUT2D eigenvalue weighted by molar-refractivity contribution is 5.56. The van der Waals surface area contributed by atoms with E-state index in [0.29, 0.717) is 11.6 Å². The number of phenols is 1. The summed E-state index contributed by atoms with van der Waals surface area (Å²) in [5.41, 5.74) is 4.36. The molecule has 0 saturated carbocycles. The molecule has 0 radical (unpaired) electrons. The standard InChI is InChI=1S/C11H17N3O/c12-14-10-7-9(1-2-11(10)15)8-3-5-13-6-4-8/h1-2,7-8,13-15H,3-6,12H2. The van der Waals surface area contributed by atoms with Crippen molar-refractivity contribution in [1.82, 2.24) is 5.32 Å². The molecule has 1 fully saturated rings. The molecule has 4 heteroatoms. The maximum atomic E-state index is 9.48. The topological polar surface area (TPSA) is 70.3 Å². The van der Waals surface area contributed by atoms with Gasteiger partial charge in [0.1, 0.15) is 5.75 Å². The summed E-state index contributed by atoms with van der Waals surface area (Å²) in [7, 11) is 0. The summed E-state index contributed by atoms with van der Waals surface area (Å²) in [6.07, 6.45) is 2.30. The quantitative estimate of drug-likeness (QED) is 0.333. The first-order chi connectivity index (χ1) is 7.31. The maximum absolute atomic E-state index is 9.48. The lowest BCUT2D eigenvalue weighted by molar-refractivity contribution is 0.457. The molecular formula is C11H17N3O. The van der Waals surface area contributed by atoms with Crippen LogP contribution in [0.15, 0.2) is 18.2 Å². The zero-order valence-electron chi connectivity index (χ0n) is 8.66. The second kappa shape index (κ2) is 4.51. The summed E-state index contributed by atoms with van der Waals surface area (Å²) in [5, 5.41) is 12.8. The van der Waals surface area contributed by atoms with Gasteiger partial charge in [-0.25, -0.2) is 0 Å². The third-order valence-corrected chi connectivity index (χ3v) is 2.99. The van der Waals surface area contributed by atoms with Gasteiger partial charge in [0, 0.05) is 0 Å². The molecule has 5 N–H and O–H groups in total. The molecule has 0 amide bonds. The Bertz CT molecular complexity index is 335. The molecule has 1 aromatic rings. The van der Waals surface area contributed by atoms with Crippen LogP contribution >= 0.6 is 0 Å². The molecular weight excluding hydrogens is 190 g/mol. The van der Waals surface area contributed by atoms with Gasteiger partial charge in [0.25, 0.3) is 0 Å². The first kappa shape index (κ1) is 10.3. The van der Waals surface area contributed by atoms with Gasteiger partial charge in [-0.05, 0) is 49.5 Å². The van der Waals surface area contributed by atoms with Crippen molar-refractivity contribution in [2.45, 2.75) is 18.8 Å². The van der Waals surface area contributed by atoms with Gasteiger partial charge in [0.15, 0.2) is 0 Å². The van der Waals surface area contributed by atoms with Crippen LogP contribution in [-0.4, -0.2) is 18.2 Å². The Morgan fingerprint density at radius 2 is 2.07 bits per heavy atom. The highest BCUT2D eigenvalue weighted by Crippen LogP contribution is 2.31. The number of nitrogen functional groups attached to an aromatic ring is 1. The van der Waals surface area contributed by atoms with Crippen molar-refractivity contribution in [3.8, 4) is 5.75 Å². The van der Waals surface area contributed by atoms with Gasteiger partial charge in [0.05, 0.1) is 5.69 Å². The van der Waals surface area contributed by atoms with E-state index in [2.05, 4.69) is 10.7 Å². The van der Waals surface area contributed by atoms with Gasteiger partial charge < -0.3 is 15.8 Å². The number of hydrogen-bond donors (Lipinski definition) is 4. The van der Waals surface area contributed by atoms with Gasteiger partial charge in [-0.1, -0.05) is 6.07 Å². The molecule has 0 atom stereocenters. The molecule has 1 aliphatic rings. The zero-order valence-corrected chi connectivity index (χ0v) is 8.66. The average Bonchev–Trinajstić information content (AvgIpc) is 2.31. The minimum absolute atomic E-state index is 0.204. The van der Waals surface area contributed by atoms with Crippen LogP contribution in [0.3, 0.4) is 0 Å². The van der Waals surface area contributed by atoms with E-state index >= 15 is 0 Å². The molecule has 0 aliphatic carbocycles. The number of benzene rings is 1. The smallest absolute Gasteiger partial charge is 0.140 e. The third-order valence-electron chi connectivity index (χ3n) is 2.99. The number of hydrazine groups is 1. The maximum Gasteiger partial charge on any atom is 0.140 e. The predicted octanol–water partition coefficient (Wildman–Crippen LogP) is 1.14. The van der Waals surface area contributed by atoms with Gasteiger partial charge in [-0.15, -0.1) is 0 Å². The van der Waals surface area contributed by atoms with E-state index in [4.69, 9.17) is 5.84 Å². The molecule has 4 nitrogen and oxygen atoms in total. The van der Waals surface area contributed by atoms with E-state index in [-0.39, 0.29) is 5.75 Å². The minimum atomic E-state index is 0.204. The number of anilines is 1. The van der Waals surface area contributed by atoms with Crippen molar-refractivity contribution < 1.29 is 5.11 Å². The van der Waals surface area contributed by atoms with Crippen LogP contribution in [0, 0.1) is 0 Å². The normalized spacial score (nSPS) is 17.7. The number of nitrogens with one attached hydrogen (secondary N) is 2. The largest absolute Gasteiger partial charge is 0.506 e. The van der Waals surface area contributed by atoms with Crippen LogP contribution < -0.4 is 16.6 Å². The van der Waals surface area contributed by atoms with Crippen LogP contribution in [0.1, 0.15) is 24.3 Å². The van der Waals surface area contributed by atoms with Gasteiger partial charge in [0.2, 0.25) is 0 Å². The van der Waals surface area contributed by atoms with Crippen molar-refractivity contribution in [3.05, 3.63) is 23.8 Å². The Hall–Kier alpha value is -1.26. The SMILES string of the molecule is NNc1cc(C2CCNCC2)ccc1O. The first-order valence-corrected chi connectivity index (χ1v) is 5.31. The molecule has 1 saturated heterocycles. The third kappa shape index (κ3) is 2.22. The number of hydrogen-bond acceptors (Lipinski definition) is 4. The van der Waals surface area contributed by atoms with Crippen LogP contribution in [0.4, 0.5) is 5.69 Å².